The van der Waals surface area contributed by atoms with Crippen molar-refractivity contribution in [2.75, 3.05) is 13.2 Å². The fraction of sp³-hybridized carbons (Fsp3) is 0.500. The lowest BCUT2D eigenvalue weighted by molar-refractivity contribution is 0.213. The van der Waals surface area contributed by atoms with Gasteiger partial charge in [-0.2, -0.15) is 0 Å². The van der Waals surface area contributed by atoms with E-state index in [2.05, 4.69) is 4.72 Å². The Morgan fingerprint density at radius 2 is 2.00 bits per heavy atom. The van der Waals surface area contributed by atoms with E-state index in [4.69, 9.17) is 5.11 Å². The van der Waals surface area contributed by atoms with Crippen LogP contribution in [0.15, 0.2) is 24.3 Å². The lowest BCUT2D eigenvalue weighted by Crippen LogP contribution is -2.32. The molecule has 1 aliphatic carbocycles. The van der Waals surface area contributed by atoms with Gasteiger partial charge in [-0.05, 0) is 18.9 Å². The van der Waals surface area contributed by atoms with Crippen molar-refractivity contribution in [1.82, 2.24) is 4.72 Å². The zero-order valence-electron chi connectivity index (χ0n) is 9.89. The molecule has 0 bridgehead atoms. The van der Waals surface area contributed by atoms with Crippen LogP contribution in [0.5, 0.6) is 0 Å². The van der Waals surface area contributed by atoms with Gasteiger partial charge in [0, 0.05) is 24.1 Å². The average Bonchev–Trinajstić information content (AvgIpc) is 3.11. The van der Waals surface area contributed by atoms with Crippen molar-refractivity contribution < 1.29 is 17.9 Å². The van der Waals surface area contributed by atoms with Gasteiger partial charge in [-0.15, -0.1) is 0 Å². The Kier molecular flexibility index (Phi) is 3.70. The standard InChI is InChI=1S/C12H16FNO3S/c13-11-4-2-1-3-10(11)7-18(16,17)14-8-12(9-15)5-6-12/h1-4,14-15H,5-9H2. The summed E-state index contributed by atoms with van der Waals surface area (Å²) >= 11 is 0. The highest BCUT2D eigenvalue weighted by molar-refractivity contribution is 7.88. The quantitative estimate of drug-likeness (QED) is 0.813. The largest absolute Gasteiger partial charge is 0.396 e. The number of aliphatic hydroxyl groups excluding tert-OH is 1. The van der Waals surface area contributed by atoms with E-state index >= 15 is 0 Å². The molecule has 0 radical (unpaired) electrons. The van der Waals surface area contributed by atoms with E-state index in [1.54, 1.807) is 6.07 Å². The molecule has 0 amide bonds. The monoisotopic (exact) mass is 273 g/mol. The third-order valence-corrected chi connectivity index (χ3v) is 4.54. The Morgan fingerprint density at radius 1 is 1.33 bits per heavy atom. The summed E-state index contributed by atoms with van der Waals surface area (Å²) < 4.78 is 39.3. The minimum Gasteiger partial charge on any atom is -0.396 e. The SMILES string of the molecule is O=S(=O)(Cc1ccccc1F)NCC1(CO)CC1. The molecule has 1 aromatic carbocycles. The van der Waals surface area contributed by atoms with Crippen molar-refractivity contribution in [3.8, 4) is 0 Å². The van der Waals surface area contributed by atoms with Crippen molar-refractivity contribution in [1.29, 1.82) is 0 Å². The van der Waals surface area contributed by atoms with Crippen molar-refractivity contribution in [3.63, 3.8) is 0 Å². The molecule has 0 saturated heterocycles. The number of nitrogens with one attached hydrogen (secondary N) is 1. The summed E-state index contributed by atoms with van der Waals surface area (Å²) in [5.41, 5.74) is -0.138. The number of rotatable bonds is 6. The fourth-order valence-corrected chi connectivity index (χ4v) is 2.97. The second kappa shape index (κ2) is 4.95. The molecule has 2 rings (SSSR count). The lowest BCUT2D eigenvalue weighted by atomic mass is 10.1. The first-order valence-electron chi connectivity index (χ1n) is 5.78. The molecule has 2 N–H and O–H groups in total. The first kappa shape index (κ1) is 13.5. The van der Waals surface area contributed by atoms with Gasteiger partial charge in [0.15, 0.2) is 0 Å². The number of halogens is 1. The van der Waals surface area contributed by atoms with E-state index in [9.17, 15) is 12.8 Å². The molecule has 0 aliphatic heterocycles. The van der Waals surface area contributed by atoms with Crippen LogP contribution >= 0.6 is 0 Å². The van der Waals surface area contributed by atoms with E-state index in [-0.39, 0.29) is 29.9 Å². The van der Waals surface area contributed by atoms with Crippen molar-refractivity contribution >= 4 is 10.0 Å². The minimum absolute atomic E-state index is 0.0186. The summed E-state index contributed by atoms with van der Waals surface area (Å²) in [6, 6.07) is 5.81. The first-order chi connectivity index (χ1) is 8.46. The summed E-state index contributed by atoms with van der Waals surface area (Å²) in [5, 5.41) is 9.09. The molecule has 0 spiro atoms. The highest BCUT2D eigenvalue weighted by atomic mass is 32.2. The van der Waals surface area contributed by atoms with Gasteiger partial charge in [-0.25, -0.2) is 17.5 Å². The first-order valence-corrected chi connectivity index (χ1v) is 7.43. The summed E-state index contributed by atoms with van der Waals surface area (Å²) in [6.45, 7) is 0.204. The number of hydrogen-bond donors (Lipinski definition) is 2. The Balaban J connectivity index is 1.98. The molecule has 18 heavy (non-hydrogen) atoms. The molecule has 100 valence electrons. The second-order valence-corrected chi connectivity index (χ2v) is 6.64. The Labute approximate surface area is 106 Å². The molecule has 1 saturated carbocycles. The van der Waals surface area contributed by atoms with Crippen LogP contribution in [0.1, 0.15) is 18.4 Å². The highest BCUT2D eigenvalue weighted by Gasteiger charge is 2.42. The van der Waals surface area contributed by atoms with Crippen LogP contribution in [0.4, 0.5) is 4.39 Å². The Hall–Kier alpha value is -0.980. The van der Waals surface area contributed by atoms with Gasteiger partial charge < -0.3 is 5.11 Å². The number of hydrogen-bond acceptors (Lipinski definition) is 3. The maximum atomic E-state index is 13.3. The Bertz CT molecular complexity index is 526. The average molecular weight is 273 g/mol. The predicted molar refractivity (Wildman–Crippen MR) is 65.8 cm³/mol. The maximum absolute atomic E-state index is 13.3. The summed E-state index contributed by atoms with van der Waals surface area (Å²) in [6.07, 6.45) is 1.65. The van der Waals surface area contributed by atoms with Gasteiger partial charge in [0.25, 0.3) is 0 Å². The highest BCUT2D eigenvalue weighted by Crippen LogP contribution is 2.44. The van der Waals surface area contributed by atoms with Crippen LogP contribution in [0, 0.1) is 11.2 Å². The summed E-state index contributed by atoms with van der Waals surface area (Å²) in [5.74, 6) is -0.896. The van der Waals surface area contributed by atoms with Crippen molar-refractivity contribution in [2.45, 2.75) is 18.6 Å². The van der Waals surface area contributed by atoms with Crippen LogP contribution in [0.3, 0.4) is 0 Å². The van der Waals surface area contributed by atoms with Gasteiger partial charge in [0.1, 0.15) is 5.82 Å². The third kappa shape index (κ3) is 3.28. The van der Waals surface area contributed by atoms with Gasteiger partial charge >= 0.3 is 0 Å². The normalized spacial score (nSPS) is 17.7. The maximum Gasteiger partial charge on any atom is 0.215 e. The minimum atomic E-state index is -3.56. The van der Waals surface area contributed by atoms with E-state index in [0.29, 0.717) is 0 Å². The number of aliphatic hydroxyl groups is 1. The second-order valence-electron chi connectivity index (χ2n) is 4.83. The predicted octanol–water partition coefficient (Wildman–Crippen LogP) is 1.02. The van der Waals surface area contributed by atoms with Crippen LogP contribution in [-0.2, 0) is 15.8 Å². The van der Waals surface area contributed by atoms with Gasteiger partial charge in [-0.1, -0.05) is 18.2 Å². The number of sulfonamides is 1. The van der Waals surface area contributed by atoms with Gasteiger partial charge in [0.05, 0.1) is 5.75 Å². The third-order valence-electron chi connectivity index (χ3n) is 3.26. The molecular formula is C12H16FNO3S. The van der Waals surface area contributed by atoms with Crippen molar-refractivity contribution in [3.05, 3.63) is 35.6 Å². The van der Waals surface area contributed by atoms with Crippen LogP contribution < -0.4 is 4.72 Å². The molecule has 1 aliphatic rings. The zero-order chi connectivity index (χ0) is 13.2. The van der Waals surface area contributed by atoms with Crippen LogP contribution in [0.25, 0.3) is 0 Å². The molecule has 1 aromatic rings. The molecular weight excluding hydrogens is 257 g/mol. The smallest absolute Gasteiger partial charge is 0.215 e. The van der Waals surface area contributed by atoms with Crippen molar-refractivity contribution in [2.24, 2.45) is 5.41 Å². The van der Waals surface area contributed by atoms with E-state index < -0.39 is 15.8 Å². The summed E-state index contributed by atoms with van der Waals surface area (Å²) in [7, 11) is -3.56. The molecule has 0 aromatic heterocycles. The zero-order valence-corrected chi connectivity index (χ0v) is 10.7. The van der Waals surface area contributed by atoms with Crippen LogP contribution in [-0.4, -0.2) is 26.7 Å². The van der Waals surface area contributed by atoms with E-state index in [0.717, 1.165) is 12.8 Å². The molecule has 1 fully saturated rings. The van der Waals surface area contributed by atoms with E-state index in [1.165, 1.54) is 18.2 Å². The number of benzene rings is 1. The lowest BCUT2D eigenvalue weighted by Gasteiger charge is -2.13. The molecule has 0 unspecified atom stereocenters. The molecule has 6 heteroatoms. The topological polar surface area (TPSA) is 66.4 Å². The van der Waals surface area contributed by atoms with Crippen LogP contribution in [0.2, 0.25) is 0 Å². The summed E-state index contributed by atoms with van der Waals surface area (Å²) in [4.78, 5) is 0. The van der Waals surface area contributed by atoms with E-state index in [1.807, 2.05) is 0 Å². The molecule has 0 heterocycles. The fourth-order valence-electron chi connectivity index (χ4n) is 1.70. The molecule has 4 nitrogen and oxygen atoms in total. The molecule has 0 atom stereocenters. The van der Waals surface area contributed by atoms with Gasteiger partial charge in [0.2, 0.25) is 10.0 Å². The van der Waals surface area contributed by atoms with Gasteiger partial charge in [-0.3, -0.25) is 0 Å². The Morgan fingerprint density at radius 3 is 2.56 bits per heavy atom.